The molecule has 0 radical (unpaired) electrons. The minimum atomic E-state index is -4.10. The third kappa shape index (κ3) is 3.72. The number of sulfone groups is 1. The van der Waals surface area contributed by atoms with Gasteiger partial charge in [0, 0.05) is 0 Å². The first-order valence-corrected chi connectivity index (χ1v) is 8.33. The van der Waals surface area contributed by atoms with Crippen LogP contribution in [-0.4, -0.2) is 36.0 Å². The molecule has 0 amide bonds. The molecule has 2 aromatic rings. The van der Waals surface area contributed by atoms with Crippen molar-refractivity contribution in [1.29, 1.82) is 0 Å². The Labute approximate surface area is 138 Å². The molecule has 0 spiro atoms. The normalized spacial score (nSPS) is 12.4. The molecule has 0 aliphatic heterocycles. The summed E-state index contributed by atoms with van der Waals surface area (Å²) >= 11 is 0. The molecule has 24 heavy (non-hydrogen) atoms. The molecule has 8 heteroatoms. The summed E-state index contributed by atoms with van der Waals surface area (Å²) in [4.78, 5) is 21.8. The number of carboxylic acids is 2. The van der Waals surface area contributed by atoms with E-state index in [0.29, 0.717) is 5.75 Å². The van der Waals surface area contributed by atoms with E-state index in [9.17, 15) is 18.0 Å². The topological polar surface area (TPSA) is 118 Å². The van der Waals surface area contributed by atoms with E-state index in [1.807, 2.05) is 0 Å². The third-order valence-electron chi connectivity index (χ3n) is 3.21. The SMILES string of the molecule is CC(Oc1ccccc1)S(=O)(=O)c1cc(C(=O)O)cc(C(=O)O)c1. The first kappa shape index (κ1) is 17.5. The van der Waals surface area contributed by atoms with Gasteiger partial charge < -0.3 is 14.9 Å². The molecule has 0 heterocycles. The fourth-order valence-electron chi connectivity index (χ4n) is 1.96. The zero-order valence-electron chi connectivity index (χ0n) is 12.5. The van der Waals surface area contributed by atoms with Crippen LogP contribution in [0.15, 0.2) is 53.4 Å². The number of para-hydroxylation sites is 1. The van der Waals surface area contributed by atoms with Gasteiger partial charge in [-0.3, -0.25) is 0 Å². The van der Waals surface area contributed by atoms with Gasteiger partial charge >= 0.3 is 11.9 Å². The molecular weight excluding hydrogens is 336 g/mol. The van der Waals surface area contributed by atoms with Crippen LogP contribution < -0.4 is 4.74 Å². The number of aromatic carboxylic acids is 2. The highest BCUT2D eigenvalue weighted by Crippen LogP contribution is 2.23. The van der Waals surface area contributed by atoms with Crippen LogP contribution >= 0.6 is 0 Å². The van der Waals surface area contributed by atoms with E-state index in [-0.39, 0.29) is 0 Å². The van der Waals surface area contributed by atoms with Crippen LogP contribution in [0.25, 0.3) is 0 Å². The van der Waals surface area contributed by atoms with E-state index in [1.165, 1.54) is 6.92 Å². The molecule has 2 aromatic carbocycles. The van der Waals surface area contributed by atoms with Gasteiger partial charge in [0.05, 0.1) is 16.0 Å². The Morgan fingerprint density at radius 1 is 0.958 bits per heavy atom. The highest BCUT2D eigenvalue weighted by atomic mass is 32.2. The lowest BCUT2D eigenvalue weighted by Gasteiger charge is -2.16. The maximum atomic E-state index is 12.6. The minimum absolute atomic E-state index is 0.321. The zero-order chi connectivity index (χ0) is 17.9. The molecule has 2 N–H and O–H groups in total. The van der Waals surface area contributed by atoms with Crippen molar-refractivity contribution < 1.29 is 33.0 Å². The predicted molar refractivity (Wildman–Crippen MR) is 84.1 cm³/mol. The van der Waals surface area contributed by atoms with Crippen molar-refractivity contribution in [3.63, 3.8) is 0 Å². The summed E-state index contributed by atoms with van der Waals surface area (Å²) in [5.74, 6) is -2.53. The molecule has 0 fully saturated rings. The fourth-order valence-corrected chi connectivity index (χ4v) is 3.16. The second kappa shape index (κ2) is 6.71. The molecule has 7 nitrogen and oxygen atoms in total. The largest absolute Gasteiger partial charge is 0.478 e. The first-order valence-electron chi connectivity index (χ1n) is 6.79. The van der Waals surface area contributed by atoms with Crippen LogP contribution in [0, 0.1) is 0 Å². The van der Waals surface area contributed by atoms with E-state index in [0.717, 1.165) is 18.2 Å². The lowest BCUT2D eigenvalue weighted by atomic mass is 10.1. The Kier molecular flexibility index (Phi) is 4.89. The summed E-state index contributed by atoms with van der Waals surface area (Å²) in [6.07, 6.45) is 0. The van der Waals surface area contributed by atoms with E-state index in [2.05, 4.69) is 0 Å². The number of carboxylic acid groups (broad SMARTS) is 2. The Bertz CT molecular complexity index is 840. The molecule has 126 valence electrons. The molecule has 2 rings (SSSR count). The summed E-state index contributed by atoms with van der Waals surface area (Å²) in [6, 6.07) is 10.9. The predicted octanol–water partition coefficient (Wildman–Crippen LogP) is 2.28. The van der Waals surface area contributed by atoms with Gasteiger partial charge in [0.25, 0.3) is 0 Å². The minimum Gasteiger partial charge on any atom is -0.478 e. The van der Waals surface area contributed by atoms with Crippen LogP contribution in [-0.2, 0) is 9.84 Å². The number of ether oxygens (including phenoxy) is 1. The van der Waals surface area contributed by atoms with Crippen molar-refractivity contribution >= 4 is 21.8 Å². The molecule has 0 aliphatic rings. The Morgan fingerprint density at radius 3 is 1.92 bits per heavy atom. The highest BCUT2D eigenvalue weighted by Gasteiger charge is 2.27. The Morgan fingerprint density at radius 2 is 1.46 bits per heavy atom. The van der Waals surface area contributed by atoms with Gasteiger partial charge in [0.1, 0.15) is 5.75 Å². The van der Waals surface area contributed by atoms with Gasteiger partial charge in [-0.25, -0.2) is 18.0 Å². The second-order valence-corrected chi connectivity index (χ2v) is 7.13. The highest BCUT2D eigenvalue weighted by molar-refractivity contribution is 7.91. The number of benzene rings is 2. The van der Waals surface area contributed by atoms with Gasteiger partial charge in [-0.2, -0.15) is 0 Å². The second-order valence-electron chi connectivity index (χ2n) is 4.90. The Hall–Kier alpha value is -2.87. The molecule has 0 bridgehead atoms. The van der Waals surface area contributed by atoms with Gasteiger partial charge in [0.2, 0.25) is 15.3 Å². The van der Waals surface area contributed by atoms with Crippen LogP contribution in [0.3, 0.4) is 0 Å². The van der Waals surface area contributed by atoms with Gasteiger partial charge in [-0.1, -0.05) is 18.2 Å². The quantitative estimate of drug-likeness (QED) is 0.820. The molecule has 0 aromatic heterocycles. The van der Waals surface area contributed by atoms with Crippen molar-refractivity contribution in [1.82, 2.24) is 0 Å². The lowest BCUT2D eigenvalue weighted by Crippen LogP contribution is -2.25. The van der Waals surface area contributed by atoms with Crippen LogP contribution in [0.1, 0.15) is 27.6 Å². The number of rotatable bonds is 6. The van der Waals surface area contributed by atoms with E-state index in [4.69, 9.17) is 14.9 Å². The molecule has 1 atom stereocenters. The number of carbonyl (C=O) groups is 2. The average molecular weight is 350 g/mol. The molecule has 0 saturated carbocycles. The molecule has 1 unspecified atom stereocenters. The van der Waals surface area contributed by atoms with Crippen LogP contribution in [0.5, 0.6) is 5.75 Å². The van der Waals surface area contributed by atoms with E-state index >= 15 is 0 Å². The summed E-state index contributed by atoms with van der Waals surface area (Å²) < 4.78 is 30.5. The van der Waals surface area contributed by atoms with Gasteiger partial charge in [0.15, 0.2) is 0 Å². The smallest absolute Gasteiger partial charge is 0.335 e. The van der Waals surface area contributed by atoms with E-state index in [1.54, 1.807) is 30.3 Å². The fraction of sp³-hybridized carbons (Fsp3) is 0.125. The Balaban J connectivity index is 2.44. The average Bonchev–Trinajstić information content (AvgIpc) is 2.55. The maximum absolute atomic E-state index is 12.6. The molecule has 0 saturated heterocycles. The van der Waals surface area contributed by atoms with Gasteiger partial charge in [-0.15, -0.1) is 0 Å². The summed E-state index contributed by atoms with van der Waals surface area (Å²) in [5.41, 5.74) is -2.19. The summed E-state index contributed by atoms with van der Waals surface area (Å²) in [5, 5.41) is 18.1. The number of hydrogen-bond acceptors (Lipinski definition) is 5. The molecule has 0 aliphatic carbocycles. The summed E-state index contributed by atoms with van der Waals surface area (Å²) in [7, 11) is -4.10. The summed E-state index contributed by atoms with van der Waals surface area (Å²) in [6.45, 7) is 1.29. The van der Waals surface area contributed by atoms with E-state index < -0.39 is 43.2 Å². The van der Waals surface area contributed by atoms with Crippen molar-refractivity contribution in [3.05, 3.63) is 59.7 Å². The monoisotopic (exact) mass is 350 g/mol. The van der Waals surface area contributed by atoms with Crippen molar-refractivity contribution in [3.8, 4) is 5.75 Å². The maximum Gasteiger partial charge on any atom is 0.335 e. The van der Waals surface area contributed by atoms with Crippen LogP contribution in [0.4, 0.5) is 0 Å². The zero-order valence-corrected chi connectivity index (χ0v) is 13.4. The van der Waals surface area contributed by atoms with Crippen molar-refractivity contribution in [2.75, 3.05) is 0 Å². The standard InChI is InChI=1S/C16H14O7S/c1-10(23-13-5-3-2-4-6-13)24(21,22)14-8-11(15(17)18)7-12(9-14)16(19)20/h2-10H,1H3,(H,17,18)(H,19,20). The van der Waals surface area contributed by atoms with Crippen molar-refractivity contribution in [2.24, 2.45) is 0 Å². The third-order valence-corrected chi connectivity index (χ3v) is 5.07. The molecular formula is C16H14O7S. The first-order chi connectivity index (χ1) is 11.2. The van der Waals surface area contributed by atoms with Gasteiger partial charge in [-0.05, 0) is 37.3 Å². The van der Waals surface area contributed by atoms with Crippen LogP contribution in [0.2, 0.25) is 0 Å². The number of hydrogen-bond donors (Lipinski definition) is 2. The van der Waals surface area contributed by atoms with Crippen molar-refractivity contribution in [2.45, 2.75) is 17.3 Å². The lowest BCUT2D eigenvalue weighted by molar-refractivity contribution is 0.0696.